The SMILES string of the molecule is CC1(CO)Cc2cc(N)c(N3C[C@H]4C[C@@H]3CO4)cc2O1. The minimum Gasteiger partial charge on any atom is -0.484 e. The van der Waals surface area contributed by atoms with E-state index < -0.39 is 5.60 Å². The molecule has 3 atom stereocenters. The number of nitrogen functional groups attached to an aromatic ring is 1. The molecule has 3 aliphatic heterocycles. The Balaban J connectivity index is 1.68. The van der Waals surface area contributed by atoms with Crippen LogP contribution in [0.4, 0.5) is 11.4 Å². The lowest BCUT2D eigenvalue weighted by Gasteiger charge is -2.30. The number of morpholine rings is 1. The van der Waals surface area contributed by atoms with Gasteiger partial charge in [-0.2, -0.15) is 0 Å². The van der Waals surface area contributed by atoms with Crippen LogP contribution in [0.2, 0.25) is 0 Å². The lowest BCUT2D eigenvalue weighted by molar-refractivity contribution is 0.0446. The number of benzene rings is 1. The number of nitrogens with zero attached hydrogens (tertiary/aromatic N) is 1. The number of fused-ring (bicyclic) bond motifs is 3. The number of nitrogens with two attached hydrogens (primary N) is 1. The van der Waals surface area contributed by atoms with Gasteiger partial charge in [0, 0.05) is 24.6 Å². The van der Waals surface area contributed by atoms with Crippen molar-refractivity contribution in [2.45, 2.75) is 37.5 Å². The summed E-state index contributed by atoms with van der Waals surface area (Å²) in [7, 11) is 0. The molecule has 0 saturated carbocycles. The molecule has 3 heterocycles. The summed E-state index contributed by atoms with van der Waals surface area (Å²) in [5, 5.41) is 9.45. The summed E-state index contributed by atoms with van der Waals surface area (Å²) in [6, 6.07) is 4.47. The molecule has 0 amide bonds. The molecule has 1 unspecified atom stereocenters. The molecule has 0 spiro atoms. The second-order valence-electron chi connectivity index (χ2n) is 6.40. The highest BCUT2D eigenvalue weighted by Gasteiger charge is 2.41. The normalized spacial score (nSPS) is 34.4. The number of hydrogen-bond donors (Lipinski definition) is 2. The summed E-state index contributed by atoms with van der Waals surface area (Å²) in [5.74, 6) is 0.856. The van der Waals surface area contributed by atoms with Crippen LogP contribution in [-0.2, 0) is 11.2 Å². The molecule has 3 N–H and O–H groups in total. The van der Waals surface area contributed by atoms with Crippen LogP contribution >= 0.6 is 0 Å². The minimum atomic E-state index is -0.513. The summed E-state index contributed by atoms with van der Waals surface area (Å²) in [6.45, 7) is 3.63. The molecular weight excluding hydrogens is 256 g/mol. The molecule has 1 aromatic carbocycles. The standard InChI is InChI=1S/C15H20N2O3/c1-15(8-18)5-9-2-12(16)13(4-14(9)20-15)17-6-11-3-10(17)7-19-11/h2,4,10-11,18H,3,5-8,16H2,1H3/t10-,11-,15?/m1/s1. The Kier molecular flexibility index (Phi) is 2.47. The quantitative estimate of drug-likeness (QED) is 0.787. The van der Waals surface area contributed by atoms with Crippen LogP contribution in [0.15, 0.2) is 12.1 Å². The molecule has 4 rings (SSSR count). The zero-order valence-electron chi connectivity index (χ0n) is 11.6. The number of aliphatic hydroxyl groups excluding tert-OH is 1. The van der Waals surface area contributed by atoms with E-state index in [4.69, 9.17) is 15.2 Å². The van der Waals surface area contributed by atoms with E-state index in [9.17, 15) is 5.11 Å². The molecule has 1 aromatic rings. The number of aliphatic hydroxyl groups is 1. The summed E-state index contributed by atoms with van der Waals surface area (Å²) in [6.07, 6.45) is 2.14. The third kappa shape index (κ3) is 1.70. The van der Waals surface area contributed by atoms with Crippen LogP contribution < -0.4 is 15.4 Å². The van der Waals surface area contributed by atoms with Gasteiger partial charge < -0.3 is 25.2 Å². The van der Waals surface area contributed by atoms with E-state index in [1.165, 1.54) is 0 Å². The van der Waals surface area contributed by atoms with Crippen LogP contribution in [0.5, 0.6) is 5.75 Å². The van der Waals surface area contributed by atoms with Gasteiger partial charge in [0.25, 0.3) is 0 Å². The van der Waals surface area contributed by atoms with Crippen molar-refractivity contribution in [1.82, 2.24) is 0 Å². The predicted molar refractivity (Wildman–Crippen MR) is 76.2 cm³/mol. The topological polar surface area (TPSA) is 68.0 Å². The predicted octanol–water partition coefficient (Wildman–Crippen LogP) is 0.932. The van der Waals surface area contributed by atoms with Gasteiger partial charge >= 0.3 is 0 Å². The van der Waals surface area contributed by atoms with Crippen molar-refractivity contribution in [2.75, 3.05) is 30.4 Å². The van der Waals surface area contributed by atoms with E-state index in [1.54, 1.807) is 0 Å². The first-order valence-electron chi connectivity index (χ1n) is 7.18. The highest BCUT2D eigenvalue weighted by molar-refractivity contribution is 5.73. The van der Waals surface area contributed by atoms with Gasteiger partial charge in [-0.25, -0.2) is 0 Å². The van der Waals surface area contributed by atoms with Gasteiger partial charge in [-0.1, -0.05) is 0 Å². The minimum absolute atomic E-state index is 0.0131. The zero-order valence-corrected chi connectivity index (χ0v) is 11.6. The van der Waals surface area contributed by atoms with Crippen molar-refractivity contribution in [3.05, 3.63) is 17.7 Å². The Morgan fingerprint density at radius 2 is 2.35 bits per heavy atom. The summed E-state index contributed by atoms with van der Waals surface area (Å²) >= 11 is 0. The number of ether oxygens (including phenoxy) is 2. The third-order valence-electron chi connectivity index (χ3n) is 4.67. The Bertz CT molecular complexity index is 562. The molecular formula is C15H20N2O3. The molecule has 2 saturated heterocycles. The highest BCUT2D eigenvalue weighted by atomic mass is 16.5. The molecule has 0 aromatic heterocycles. The molecule has 0 radical (unpaired) electrons. The molecule has 20 heavy (non-hydrogen) atoms. The summed E-state index contributed by atoms with van der Waals surface area (Å²) in [5.41, 5.74) is 8.64. The molecule has 108 valence electrons. The summed E-state index contributed by atoms with van der Waals surface area (Å²) < 4.78 is 11.6. The first kappa shape index (κ1) is 12.3. The molecule has 2 bridgehead atoms. The largest absolute Gasteiger partial charge is 0.484 e. The first-order chi connectivity index (χ1) is 9.58. The third-order valence-corrected chi connectivity index (χ3v) is 4.67. The average molecular weight is 276 g/mol. The lowest BCUT2D eigenvalue weighted by Crippen LogP contribution is -2.37. The molecule has 0 aliphatic carbocycles. The van der Waals surface area contributed by atoms with Crippen LogP contribution in [0.1, 0.15) is 18.9 Å². The fourth-order valence-corrected chi connectivity index (χ4v) is 3.60. The Morgan fingerprint density at radius 3 is 3.00 bits per heavy atom. The van der Waals surface area contributed by atoms with E-state index in [-0.39, 0.29) is 6.61 Å². The first-order valence-corrected chi connectivity index (χ1v) is 7.18. The van der Waals surface area contributed by atoms with Crippen molar-refractivity contribution >= 4 is 11.4 Å². The Morgan fingerprint density at radius 1 is 1.50 bits per heavy atom. The monoisotopic (exact) mass is 276 g/mol. The number of hydrogen-bond acceptors (Lipinski definition) is 5. The van der Waals surface area contributed by atoms with Crippen molar-refractivity contribution in [2.24, 2.45) is 0 Å². The lowest BCUT2D eigenvalue weighted by atomic mass is 9.99. The second kappa shape index (κ2) is 4.02. The van der Waals surface area contributed by atoms with Crippen LogP contribution in [0.25, 0.3) is 0 Å². The van der Waals surface area contributed by atoms with Gasteiger partial charge in [0.2, 0.25) is 0 Å². The zero-order chi connectivity index (χ0) is 13.9. The van der Waals surface area contributed by atoms with Crippen molar-refractivity contribution in [3.63, 3.8) is 0 Å². The number of anilines is 2. The fraction of sp³-hybridized carbons (Fsp3) is 0.600. The van der Waals surface area contributed by atoms with Gasteiger partial charge in [0.05, 0.1) is 36.7 Å². The maximum Gasteiger partial charge on any atom is 0.133 e. The van der Waals surface area contributed by atoms with Crippen molar-refractivity contribution in [3.8, 4) is 5.75 Å². The van der Waals surface area contributed by atoms with E-state index in [2.05, 4.69) is 4.90 Å². The van der Waals surface area contributed by atoms with Gasteiger partial charge in [0.1, 0.15) is 11.4 Å². The van der Waals surface area contributed by atoms with Crippen molar-refractivity contribution < 1.29 is 14.6 Å². The van der Waals surface area contributed by atoms with E-state index >= 15 is 0 Å². The van der Waals surface area contributed by atoms with Gasteiger partial charge in [0.15, 0.2) is 0 Å². The summed E-state index contributed by atoms with van der Waals surface area (Å²) in [4.78, 5) is 2.34. The molecule has 5 heteroatoms. The molecule has 3 aliphatic rings. The van der Waals surface area contributed by atoms with Gasteiger partial charge in [-0.05, 0) is 19.4 Å². The fourth-order valence-electron chi connectivity index (χ4n) is 3.60. The maximum absolute atomic E-state index is 9.45. The van der Waals surface area contributed by atoms with Crippen LogP contribution in [0.3, 0.4) is 0 Å². The van der Waals surface area contributed by atoms with Gasteiger partial charge in [-0.3, -0.25) is 0 Å². The van der Waals surface area contributed by atoms with E-state index in [0.29, 0.717) is 18.6 Å². The highest BCUT2D eigenvalue weighted by Crippen LogP contribution is 2.43. The number of rotatable bonds is 2. The van der Waals surface area contributed by atoms with Crippen LogP contribution in [0, 0.1) is 0 Å². The van der Waals surface area contributed by atoms with Crippen LogP contribution in [-0.4, -0.2) is 42.6 Å². The Hall–Kier alpha value is -1.46. The van der Waals surface area contributed by atoms with Crippen molar-refractivity contribution in [1.29, 1.82) is 0 Å². The second-order valence-corrected chi connectivity index (χ2v) is 6.40. The Labute approximate surface area is 118 Å². The maximum atomic E-state index is 9.45. The van der Waals surface area contributed by atoms with Gasteiger partial charge in [-0.15, -0.1) is 0 Å². The molecule has 2 fully saturated rings. The van der Waals surface area contributed by atoms with E-state index in [0.717, 1.165) is 42.3 Å². The van der Waals surface area contributed by atoms with E-state index in [1.807, 2.05) is 19.1 Å². The smallest absolute Gasteiger partial charge is 0.133 e. The average Bonchev–Trinajstić information content (AvgIpc) is 3.10. The molecule has 5 nitrogen and oxygen atoms in total.